The van der Waals surface area contributed by atoms with Crippen LogP contribution in [0.15, 0.2) is 0 Å². The van der Waals surface area contributed by atoms with Gasteiger partial charge in [0.2, 0.25) is 0 Å². The number of nitrogens with two attached hydrogens (primary N) is 1. The molecule has 0 aliphatic carbocycles. The molecule has 0 spiro atoms. The van der Waals surface area contributed by atoms with Crippen molar-refractivity contribution < 1.29 is 9.53 Å². The molecule has 0 aliphatic heterocycles. The average molecular weight is 215 g/mol. The molecule has 0 unspecified atom stereocenters. The molecule has 0 aromatic carbocycles. The van der Waals surface area contributed by atoms with E-state index in [1.807, 2.05) is 0 Å². The van der Waals surface area contributed by atoms with E-state index < -0.39 is 5.97 Å². The van der Waals surface area contributed by atoms with Crippen LogP contribution in [0.4, 0.5) is 5.82 Å². The van der Waals surface area contributed by atoms with Gasteiger partial charge < -0.3 is 10.5 Å². The van der Waals surface area contributed by atoms with Crippen molar-refractivity contribution in [3.05, 3.63) is 11.3 Å². The Hall–Kier alpha value is -1.17. The lowest BCUT2D eigenvalue weighted by Crippen LogP contribution is -2.11. The number of carbonyl (C=O) groups is 1. The molecule has 0 fully saturated rings. The number of nitrogen functional groups attached to an aromatic ring is 1. The van der Waals surface area contributed by atoms with Crippen LogP contribution < -0.4 is 5.73 Å². The number of hydrogen-bond acceptors (Lipinski definition) is 5. The first-order valence-electron chi connectivity index (χ1n) is 4.12. The average Bonchev–Trinajstić information content (AvgIpc) is 2.42. The van der Waals surface area contributed by atoms with Crippen LogP contribution in [-0.4, -0.2) is 28.6 Å². The van der Waals surface area contributed by atoms with E-state index in [1.54, 1.807) is 7.05 Å². The Balaban J connectivity index is 3.17. The number of methoxy groups -OCH3 is 1. The zero-order valence-corrected chi connectivity index (χ0v) is 9.04. The van der Waals surface area contributed by atoms with Crippen molar-refractivity contribution in [2.24, 2.45) is 7.05 Å². The predicted octanol–water partition coefficient (Wildman–Crippen LogP) is 0.261. The molecule has 78 valence electrons. The van der Waals surface area contributed by atoms with Gasteiger partial charge in [0.05, 0.1) is 7.11 Å². The summed E-state index contributed by atoms with van der Waals surface area (Å²) in [6, 6.07) is 0. The van der Waals surface area contributed by atoms with Crippen LogP contribution >= 0.6 is 12.6 Å². The summed E-state index contributed by atoms with van der Waals surface area (Å²) in [4.78, 5) is 11.4. The Morgan fingerprint density at radius 1 is 1.71 bits per heavy atom. The molecule has 2 N–H and O–H groups in total. The third-order valence-electron chi connectivity index (χ3n) is 1.92. The molecule has 0 radical (unpaired) electrons. The first kappa shape index (κ1) is 10.9. The first-order chi connectivity index (χ1) is 6.61. The highest BCUT2D eigenvalue weighted by Gasteiger charge is 2.20. The highest BCUT2D eigenvalue weighted by molar-refractivity contribution is 7.80. The maximum absolute atomic E-state index is 11.4. The number of esters is 1. The van der Waals surface area contributed by atoms with Gasteiger partial charge in [0.25, 0.3) is 0 Å². The minimum absolute atomic E-state index is 0.363. The van der Waals surface area contributed by atoms with E-state index in [-0.39, 0.29) is 0 Å². The fourth-order valence-electron chi connectivity index (χ4n) is 1.30. The summed E-state index contributed by atoms with van der Waals surface area (Å²) < 4.78 is 6.07. The molecule has 6 heteroatoms. The second kappa shape index (κ2) is 4.36. The van der Waals surface area contributed by atoms with E-state index in [1.165, 1.54) is 11.8 Å². The summed E-state index contributed by atoms with van der Waals surface area (Å²) in [5.41, 5.74) is 6.75. The number of aromatic nitrogens is 2. The molecule has 14 heavy (non-hydrogen) atoms. The van der Waals surface area contributed by atoms with E-state index in [0.29, 0.717) is 29.2 Å². The zero-order chi connectivity index (χ0) is 10.7. The molecule has 0 atom stereocenters. The Morgan fingerprint density at radius 2 is 2.36 bits per heavy atom. The van der Waals surface area contributed by atoms with Gasteiger partial charge in [0.1, 0.15) is 5.82 Å². The van der Waals surface area contributed by atoms with Crippen molar-refractivity contribution in [1.29, 1.82) is 0 Å². The molecule has 1 aromatic heterocycles. The molecule has 0 amide bonds. The van der Waals surface area contributed by atoms with Crippen LogP contribution in [0.1, 0.15) is 16.1 Å². The van der Waals surface area contributed by atoms with Gasteiger partial charge in [0, 0.05) is 12.6 Å². The summed E-state index contributed by atoms with van der Waals surface area (Å²) in [7, 11) is 2.99. The third-order valence-corrected chi connectivity index (χ3v) is 2.14. The van der Waals surface area contributed by atoms with Crippen molar-refractivity contribution in [3.8, 4) is 0 Å². The Bertz CT molecular complexity index is 349. The summed E-state index contributed by atoms with van der Waals surface area (Å²) in [5, 5.41) is 3.96. The molecule has 0 saturated heterocycles. The highest BCUT2D eigenvalue weighted by Crippen LogP contribution is 2.17. The van der Waals surface area contributed by atoms with Gasteiger partial charge in [-0.2, -0.15) is 17.7 Å². The minimum atomic E-state index is -0.423. The number of rotatable bonds is 3. The van der Waals surface area contributed by atoms with E-state index in [9.17, 15) is 4.79 Å². The molecule has 1 rings (SSSR count). The Labute approximate surface area is 87.6 Å². The lowest BCUT2D eigenvalue weighted by atomic mass is 10.2. The number of carbonyl (C=O) groups excluding carboxylic acids is 1. The molecule has 0 aliphatic rings. The van der Waals surface area contributed by atoms with Crippen LogP contribution in [0, 0.1) is 0 Å². The van der Waals surface area contributed by atoms with Crippen molar-refractivity contribution >= 4 is 24.4 Å². The van der Waals surface area contributed by atoms with E-state index in [4.69, 9.17) is 5.73 Å². The Morgan fingerprint density at radius 3 is 2.86 bits per heavy atom. The second-order valence-corrected chi connectivity index (χ2v) is 3.25. The number of aryl methyl sites for hydroxylation is 1. The largest absolute Gasteiger partial charge is 0.464 e. The molecule has 1 heterocycles. The number of nitrogens with zero attached hydrogens (tertiary/aromatic N) is 2. The molecule has 5 nitrogen and oxygen atoms in total. The van der Waals surface area contributed by atoms with Crippen molar-refractivity contribution in [2.75, 3.05) is 18.6 Å². The fourth-order valence-corrected chi connectivity index (χ4v) is 1.52. The quantitative estimate of drug-likeness (QED) is 0.560. The molecule has 0 saturated carbocycles. The zero-order valence-electron chi connectivity index (χ0n) is 8.15. The smallest absolute Gasteiger partial charge is 0.356 e. The van der Waals surface area contributed by atoms with Gasteiger partial charge in [-0.3, -0.25) is 4.68 Å². The van der Waals surface area contributed by atoms with Crippen molar-refractivity contribution in [3.63, 3.8) is 0 Å². The van der Waals surface area contributed by atoms with E-state index in [0.717, 1.165) is 0 Å². The van der Waals surface area contributed by atoms with Crippen LogP contribution in [-0.2, 0) is 18.2 Å². The normalized spacial score (nSPS) is 10.2. The first-order valence-corrected chi connectivity index (χ1v) is 4.75. The number of thiol groups is 1. The fraction of sp³-hybridized carbons (Fsp3) is 0.500. The van der Waals surface area contributed by atoms with E-state index in [2.05, 4.69) is 22.5 Å². The van der Waals surface area contributed by atoms with Crippen molar-refractivity contribution in [2.45, 2.75) is 6.42 Å². The third kappa shape index (κ3) is 1.84. The predicted molar refractivity (Wildman–Crippen MR) is 56.5 cm³/mol. The summed E-state index contributed by atoms with van der Waals surface area (Å²) in [6.07, 6.45) is 0.604. The Kier molecular flexibility index (Phi) is 3.40. The van der Waals surface area contributed by atoms with Crippen molar-refractivity contribution in [1.82, 2.24) is 9.78 Å². The number of hydrogen-bond donors (Lipinski definition) is 2. The maximum Gasteiger partial charge on any atom is 0.356 e. The van der Waals surface area contributed by atoms with Gasteiger partial charge in [0.15, 0.2) is 5.69 Å². The van der Waals surface area contributed by atoms with Crippen LogP contribution in [0.3, 0.4) is 0 Å². The summed E-state index contributed by atoms with van der Waals surface area (Å²) >= 11 is 4.09. The molecule has 0 bridgehead atoms. The number of ether oxygens (including phenoxy) is 1. The van der Waals surface area contributed by atoms with Crippen LogP contribution in [0.5, 0.6) is 0 Å². The van der Waals surface area contributed by atoms with Gasteiger partial charge >= 0.3 is 5.97 Å². The standard InChI is InChI=1S/C8H13N3O2S/c1-11-6(8(12)13-2)5(3-4-14)7(9)10-11/h14H,3-4H2,1-2H3,(H2,9,10). The van der Waals surface area contributed by atoms with Gasteiger partial charge in [-0.05, 0) is 12.2 Å². The number of anilines is 1. The van der Waals surface area contributed by atoms with E-state index >= 15 is 0 Å². The van der Waals surface area contributed by atoms with Crippen LogP contribution in [0.25, 0.3) is 0 Å². The lowest BCUT2D eigenvalue weighted by molar-refractivity contribution is 0.0587. The topological polar surface area (TPSA) is 70.1 Å². The molecular formula is C8H13N3O2S. The minimum Gasteiger partial charge on any atom is -0.464 e. The summed E-state index contributed by atoms with van der Waals surface area (Å²) in [5.74, 6) is 0.551. The maximum atomic E-state index is 11.4. The SMILES string of the molecule is COC(=O)c1c(CCS)c(N)nn1C. The monoisotopic (exact) mass is 215 g/mol. The summed E-state index contributed by atoms with van der Waals surface area (Å²) in [6.45, 7) is 0. The van der Waals surface area contributed by atoms with Gasteiger partial charge in [-0.1, -0.05) is 0 Å². The second-order valence-electron chi connectivity index (χ2n) is 2.80. The highest BCUT2D eigenvalue weighted by atomic mass is 32.1. The lowest BCUT2D eigenvalue weighted by Gasteiger charge is -2.02. The van der Waals surface area contributed by atoms with Gasteiger partial charge in [-0.15, -0.1) is 0 Å². The molecular weight excluding hydrogens is 202 g/mol. The van der Waals surface area contributed by atoms with Crippen LogP contribution in [0.2, 0.25) is 0 Å². The van der Waals surface area contributed by atoms with Gasteiger partial charge in [-0.25, -0.2) is 4.79 Å². The molecule has 1 aromatic rings.